The van der Waals surface area contributed by atoms with E-state index in [2.05, 4.69) is 5.32 Å². The zero-order chi connectivity index (χ0) is 22.5. The van der Waals surface area contributed by atoms with Crippen molar-refractivity contribution >= 4 is 33.4 Å². The molecule has 1 amide bonds. The normalized spacial score (nSPS) is 11.2. The van der Waals surface area contributed by atoms with E-state index in [1.54, 1.807) is 19.1 Å². The maximum Gasteiger partial charge on any atom is 0.338 e. The molecule has 0 radical (unpaired) electrons. The molecule has 2 aromatic rings. The second-order valence-corrected chi connectivity index (χ2v) is 8.81. The van der Waals surface area contributed by atoms with Crippen LogP contribution in [0.15, 0.2) is 47.4 Å². The van der Waals surface area contributed by atoms with Crippen LogP contribution in [0.4, 0.5) is 5.69 Å². The minimum Gasteiger partial charge on any atom is -0.454 e. The van der Waals surface area contributed by atoms with E-state index in [0.29, 0.717) is 23.2 Å². The number of benzene rings is 2. The Kier molecular flexibility index (Phi) is 7.47. The van der Waals surface area contributed by atoms with Crippen molar-refractivity contribution in [2.45, 2.75) is 32.1 Å². The molecule has 0 bridgehead atoms. The molecule has 0 saturated carbocycles. The number of sulfonamides is 1. The van der Waals surface area contributed by atoms with Gasteiger partial charge in [0, 0.05) is 17.7 Å². The third-order valence-electron chi connectivity index (χ3n) is 4.18. The number of anilines is 1. The van der Waals surface area contributed by atoms with Crippen LogP contribution in [0.3, 0.4) is 0 Å². The Morgan fingerprint density at radius 2 is 1.70 bits per heavy atom. The zero-order valence-corrected chi connectivity index (χ0v) is 17.8. The molecule has 0 spiro atoms. The van der Waals surface area contributed by atoms with Crippen LogP contribution in [0.1, 0.15) is 46.5 Å². The number of carbonyl (C=O) groups excluding carboxylic acids is 3. The van der Waals surface area contributed by atoms with Gasteiger partial charge in [-0.25, -0.2) is 18.4 Å². The van der Waals surface area contributed by atoms with Gasteiger partial charge in [-0.15, -0.1) is 0 Å². The first-order valence-corrected chi connectivity index (χ1v) is 10.8. The molecule has 8 nitrogen and oxygen atoms in total. The molecule has 0 aliphatic carbocycles. The van der Waals surface area contributed by atoms with Crippen molar-refractivity contribution < 1.29 is 27.5 Å². The van der Waals surface area contributed by atoms with Crippen LogP contribution in [0.25, 0.3) is 0 Å². The van der Waals surface area contributed by atoms with Crippen LogP contribution in [0.5, 0.6) is 0 Å². The number of ether oxygens (including phenoxy) is 1. The lowest BCUT2D eigenvalue weighted by molar-refractivity contribution is -0.116. The number of primary sulfonamides is 1. The first kappa shape index (κ1) is 23.2. The van der Waals surface area contributed by atoms with Crippen LogP contribution >= 0.6 is 0 Å². The Balaban J connectivity index is 2.00. The molecule has 0 aliphatic rings. The van der Waals surface area contributed by atoms with Crippen molar-refractivity contribution in [2.75, 3.05) is 11.9 Å². The van der Waals surface area contributed by atoms with Crippen LogP contribution in [-0.2, 0) is 19.6 Å². The summed E-state index contributed by atoms with van der Waals surface area (Å²) < 4.78 is 28.0. The minimum absolute atomic E-state index is 0.0116. The Morgan fingerprint density at radius 1 is 1.07 bits per heavy atom. The van der Waals surface area contributed by atoms with Gasteiger partial charge in [-0.3, -0.25) is 9.59 Å². The number of Topliss-reactive ketones (excluding diaryl/α,β-unsaturated/α-hetero) is 1. The van der Waals surface area contributed by atoms with E-state index in [4.69, 9.17) is 9.88 Å². The molecule has 0 aliphatic heterocycles. The Hall–Kier alpha value is -3.04. The molecule has 160 valence electrons. The summed E-state index contributed by atoms with van der Waals surface area (Å²) in [6.45, 7) is 4.97. The number of nitrogens with one attached hydrogen (secondary N) is 1. The van der Waals surface area contributed by atoms with Gasteiger partial charge in [-0.1, -0.05) is 19.9 Å². The topological polar surface area (TPSA) is 133 Å². The second kappa shape index (κ2) is 9.64. The number of hydrogen-bond donors (Lipinski definition) is 2. The van der Waals surface area contributed by atoms with Gasteiger partial charge in [0.1, 0.15) is 0 Å². The lowest BCUT2D eigenvalue weighted by Crippen LogP contribution is -2.17. The van der Waals surface area contributed by atoms with E-state index in [1.165, 1.54) is 24.3 Å². The molecular weight excluding hydrogens is 408 g/mol. The van der Waals surface area contributed by atoms with Gasteiger partial charge < -0.3 is 10.1 Å². The number of nitrogens with two attached hydrogens (primary N) is 1. The fourth-order valence-corrected chi connectivity index (χ4v) is 3.15. The molecular formula is C21H24N2O6S. The highest BCUT2D eigenvalue weighted by Gasteiger charge is 2.17. The largest absolute Gasteiger partial charge is 0.454 e. The van der Waals surface area contributed by atoms with Crippen molar-refractivity contribution in [1.29, 1.82) is 0 Å². The van der Waals surface area contributed by atoms with E-state index in [9.17, 15) is 22.8 Å². The number of rotatable bonds is 8. The number of ketones is 1. The van der Waals surface area contributed by atoms with Crippen LogP contribution in [0, 0.1) is 12.8 Å². The van der Waals surface area contributed by atoms with Gasteiger partial charge in [0.2, 0.25) is 15.9 Å². The monoisotopic (exact) mass is 432 g/mol. The molecule has 9 heteroatoms. The molecule has 2 aromatic carbocycles. The summed E-state index contributed by atoms with van der Waals surface area (Å²) in [7, 11) is -3.97. The van der Waals surface area contributed by atoms with Crippen molar-refractivity contribution in [3.8, 4) is 0 Å². The Labute approximate surface area is 175 Å². The van der Waals surface area contributed by atoms with Gasteiger partial charge >= 0.3 is 5.97 Å². The highest BCUT2D eigenvalue weighted by Crippen LogP contribution is 2.16. The zero-order valence-electron chi connectivity index (χ0n) is 17.0. The smallest absolute Gasteiger partial charge is 0.338 e. The first-order chi connectivity index (χ1) is 14.0. The molecule has 0 atom stereocenters. The van der Waals surface area contributed by atoms with Crippen LogP contribution in [-0.4, -0.2) is 32.7 Å². The number of hydrogen-bond acceptors (Lipinski definition) is 6. The maximum atomic E-state index is 12.3. The lowest BCUT2D eigenvalue weighted by atomic mass is 10.1. The van der Waals surface area contributed by atoms with E-state index < -0.39 is 28.4 Å². The highest BCUT2D eigenvalue weighted by atomic mass is 32.2. The van der Waals surface area contributed by atoms with Gasteiger partial charge in [-0.05, 0) is 54.8 Å². The maximum absolute atomic E-state index is 12.3. The summed E-state index contributed by atoms with van der Waals surface area (Å²) in [5, 5.41) is 7.82. The summed E-state index contributed by atoms with van der Waals surface area (Å²) in [6, 6.07) is 10.1. The molecule has 0 heterocycles. The first-order valence-electron chi connectivity index (χ1n) is 9.21. The predicted molar refractivity (Wildman–Crippen MR) is 112 cm³/mol. The molecule has 30 heavy (non-hydrogen) atoms. The summed E-state index contributed by atoms with van der Waals surface area (Å²) in [5.74, 6) is -1.16. The van der Waals surface area contributed by atoms with Crippen molar-refractivity contribution in [1.82, 2.24) is 0 Å². The SMILES string of the molecule is Cc1ccc(S(N)(=O)=O)cc1C(=O)OCC(=O)c1ccc(NC(=O)CC(C)C)cc1. The summed E-state index contributed by atoms with van der Waals surface area (Å²) in [5.41, 5.74) is 1.36. The standard InChI is InChI=1S/C21H24N2O6S/c1-13(2)10-20(25)23-16-7-5-15(6-8-16)19(24)12-29-21(26)18-11-17(30(22,27)28)9-4-14(18)3/h4-9,11,13H,10,12H2,1-3H3,(H,23,25)(H2,22,27,28). The second-order valence-electron chi connectivity index (χ2n) is 7.24. The predicted octanol–water partition coefficient (Wildman–Crippen LogP) is 2.67. The number of carbonyl (C=O) groups is 3. The summed E-state index contributed by atoms with van der Waals surface area (Å²) in [4.78, 5) is 36.1. The van der Waals surface area contributed by atoms with Gasteiger partial charge in [0.15, 0.2) is 12.4 Å². The molecule has 2 rings (SSSR count). The molecule has 3 N–H and O–H groups in total. The van der Waals surface area contributed by atoms with Gasteiger partial charge in [-0.2, -0.15) is 0 Å². The molecule has 0 aromatic heterocycles. The minimum atomic E-state index is -3.97. The Morgan fingerprint density at radius 3 is 2.27 bits per heavy atom. The van der Waals surface area contributed by atoms with E-state index in [-0.39, 0.29) is 22.3 Å². The average Bonchev–Trinajstić information content (AvgIpc) is 2.65. The van der Waals surface area contributed by atoms with Crippen molar-refractivity contribution in [3.05, 3.63) is 59.2 Å². The Bertz CT molecular complexity index is 1060. The fraction of sp³-hybridized carbons (Fsp3) is 0.286. The molecule has 0 fully saturated rings. The highest BCUT2D eigenvalue weighted by molar-refractivity contribution is 7.89. The summed E-state index contributed by atoms with van der Waals surface area (Å²) >= 11 is 0. The number of aryl methyl sites for hydroxylation is 1. The molecule has 0 saturated heterocycles. The van der Waals surface area contributed by atoms with Crippen LogP contribution in [0.2, 0.25) is 0 Å². The van der Waals surface area contributed by atoms with E-state index >= 15 is 0 Å². The van der Waals surface area contributed by atoms with Crippen molar-refractivity contribution in [3.63, 3.8) is 0 Å². The quantitative estimate of drug-likeness (QED) is 0.487. The average molecular weight is 432 g/mol. The third-order valence-corrected chi connectivity index (χ3v) is 5.09. The number of amides is 1. The van der Waals surface area contributed by atoms with Crippen LogP contribution < -0.4 is 10.5 Å². The van der Waals surface area contributed by atoms with E-state index in [1.807, 2.05) is 13.8 Å². The van der Waals surface area contributed by atoms with Gasteiger partial charge in [0.05, 0.1) is 10.5 Å². The number of esters is 1. The summed E-state index contributed by atoms with van der Waals surface area (Å²) in [6.07, 6.45) is 0.392. The lowest BCUT2D eigenvalue weighted by Gasteiger charge is -2.09. The van der Waals surface area contributed by atoms with Crippen molar-refractivity contribution in [2.24, 2.45) is 11.1 Å². The third kappa shape index (κ3) is 6.50. The van der Waals surface area contributed by atoms with E-state index in [0.717, 1.165) is 6.07 Å². The molecule has 0 unspecified atom stereocenters. The van der Waals surface area contributed by atoms with Gasteiger partial charge in [0.25, 0.3) is 0 Å². The fourth-order valence-electron chi connectivity index (χ4n) is 2.61.